The number of hydrogen-bond acceptors (Lipinski definition) is 4. The van der Waals surface area contributed by atoms with E-state index in [4.69, 9.17) is 14.7 Å². The zero-order chi connectivity index (χ0) is 23.4. The number of amides is 1. The summed E-state index contributed by atoms with van der Waals surface area (Å²) in [7, 11) is 1.19. The first-order valence-corrected chi connectivity index (χ1v) is 8.26. The van der Waals surface area contributed by atoms with E-state index >= 15 is 0 Å². The van der Waals surface area contributed by atoms with Gasteiger partial charge in [0.25, 0.3) is 0 Å². The van der Waals surface area contributed by atoms with Crippen LogP contribution in [0.4, 0.5) is 30.7 Å². The molecule has 0 aliphatic carbocycles. The van der Waals surface area contributed by atoms with Crippen LogP contribution in [0.1, 0.15) is 22.3 Å². The maximum atomic E-state index is 13.5. The Morgan fingerprint density at radius 2 is 1.71 bits per heavy atom. The number of halogens is 7. The molecule has 0 unspecified atom stereocenters. The summed E-state index contributed by atoms with van der Waals surface area (Å²) in [5.74, 6) is -2.87. The van der Waals surface area contributed by atoms with E-state index in [0.29, 0.717) is 12.1 Å². The molecule has 5 nitrogen and oxygen atoms in total. The van der Waals surface area contributed by atoms with Crippen molar-refractivity contribution in [3.63, 3.8) is 0 Å². The van der Waals surface area contributed by atoms with Crippen molar-refractivity contribution in [2.75, 3.05) is 7.11 Å². The van der Waals surface area contributed by atoms with Crippen LogP contribution in [0.25, 0.3) is 6.08 Å². The number of ether oxygens (including phenoxy) is 2. The maximum Gasteiger partial charge on any atom is 0.416 e. The fourth-order valence-electron chi connectivity index (χ4n) is 2.46. The number of methoxy groups -OCH3 is 1. The van der Waals surface area contributed by atoms with E-state index < -0.39 is 47.4 Å². The summed E-state index contributed by atoms with van der Waals surface area (Å²) in [5, 5.41) is 8.38. The first-order valence-electron chi connectivity index (χ1n) is 8.26. The lowest BCUT2D eigenvalue weighted by molar-refractivity contribution is -0.143. The first kappa shape index (κ1) is 24.0. The van der Waals surface area contributed by atoms with Gasteiger partial charge in [-0.05, 0) is 35.9 Å². The summed E-state index contributed by atoms with van der Waals surface area (Å²) in [5.41, 5.74) is -2.31. The number of rotatable bonds is 6. The molecular weight excluding hydrogens is 439 g/mol. The molecule has 0 aliphatic rings. The van der Waals surface area contributed by atoms with Gasteiger partial charge in [0.05, 0.1) is 18.2 Å². The molecule has 2 aromatic carbocycles. The predicted molar refractivity (Wildman–Crippen MR) is 92.8 cm³/mol. The molecule has 0 aliphatic heterocycles. The SMILES string of the molecule is COc1cc(/C=C(\F)C(=O)NO)ccc1OCc1ccc(C(F)(F)F)cc1C(F)(F)F. The Kier molecular flexibility index (Phi) is 7.16. The third kappa shape index (κ3) is 6.10. The lowest BCUT2D eigenvalue weighted by atomic mass is 10.0. The van der Waals surface area contributed by atoms with Crippen LogP contribution in [0.3, 0.4) is 0 Å². The number of hydrogen-bond donors (Lipinski definition) is 2. The van der Waals surface area contributed by atoms with Crippen molar-refractivity contribution < 1.29 is 50.2 Å². The van der Waals surface area contributed by atoms with E-state index in [1.807, 2.05) is 0 Å². The second kappa shape index (κ2) is 9.25. The Hall–Kier alpha value is -3.28. The Morgan fingerprint density at radius 1 is 1.03 bits per heavy atom. The third-order valence-corrected chi connectivity index (χ3v) is 3.93. The van der Waals surface area contributed by atoms with Gasteiger partial charge in [0.15, 0.2) is 17.3 Å². The van der Waals surface area contributed by atoms with Gasteiger partial charge in [-0.2, -0.15) is 26.3 Å². The van der Waals surface area contributed by atoms with E-state index in [1.165, 1.54) is 25.3 Å². The van der Waals surface area contributed by atoms with Crippen molar-refractivity contribution in [1.29, 1.82) is 0 Å². The van der Waals surface area contributed by atoms with Crippen molar-refractivity contribution in [2.24, 2.45) is 0 Å². The summed E-state index contributed by atoms with van der Waals surface area (Å²) < 4.78 is 102. The van der Waals surface area contributed by atoms with Crippen molar-refractivity contribution in [3.05, 3.63) is 64.5 Å². The van der Waals surface area contributed by atoms with Gasteiger partial charge in [0.2, 0.25) is 0 Å². The highest BCUT2D eigenvalue weighted by Crippen LogP contribution is 2.38. The monoisotopic (exact) mass is 453 g/mol. The largest absolute Gasteiger partial charge is 0.493 e. The van der Waals surface area contributed by atoms with Crippen molar-refractivity contribution in [2.45, 2.75) is 19.0 Å². The third-order valence-electron chi connectivity index (χ3n) is 3.93. The van der Waals surface area contributed by atoms with Crippen LogP contribution in [0, 0.1) is 0 Å². The van der Waals surface area contributed by atoms with E-state index in [-0.39, 0.29) is 23.1 Å². The lowest BCUT2D eigenvalue weighted by Crippen LogP contribution is -2.18. The van der Waals surface area contributed by atoms with Crippen LogP contribution in [0.15, 0.2) is 42.2 Å². The number of benzene rings is 2. The average Bonchev–Trinajstić information content (AvgIpc) is 2.70. The number of nitrogens with one attached hydrogen (secondary N) is 1. The van der Waals surface area contributed by atoms with E-state index in [1.54, 1.807) is 0 Å². The summed E-state index contributed by atoms with van der Waals surface area (Å²) in [6.07, 6.45) is -9.26. The van der Waals surface area contributed by atoms with Gasteiger partial charge in [0.1, 0.15) is 6.61 Å². The van der Waals surface area contributed by atoms with Crippen LogP contribution >= 0.6 is 0 Å². The molecule has 2 rings (SSSR count). The van der Waals surface area contributed by atoms with Crippen molar-refractivity contribution in [3.8, 4) is 11.5 Å². The second-order valence-corrected chi connectivity index (χ2v) is 6.00. The molecule has 0 fully saturated rings. The minimum absolute atomic E-state index is 0.00119. The molecule has 1 amide bonds. The Labute approximate surface area is 170 Å². The number of hydroxylamine groups is 1. The summed E-state index contributed by atoms with van der Waals surface area (Å²) >= 11 is 0. The van der Waals surface area contributed by atoms with Gasteiger partial charge in [-0.3, -0.25) is 10.0 Å². The van der Waals surface area contributed by atoms with Crippen LogP contribution in [0.2, 0.25) is 0 Å². The molecule has 0 radical (unpaired) electrons. The fourth-order valence-corrected chi connectivity index (χ4v) is 2.46. The van der Waals surface area contributed by atoms with Gasteiger partial charge in [-0.1, -0.05) is 12.1 Å². The maximum absolute atomic E-state index is 13.5. The van der Waals surface area contributed by atoms with Crippen molar-refractivity contribution >= 4 is 12.0 Å². The molecule has 0 aromatic heterocycles. The summed E-state index contributed by atoms with van der Waals surface area (Å²) in [6, 6.07) is 4.80. The van der Waals surface area contributed by atoms with Gasteiger partial charge in [0, 0.05) is 5.56 Å². The average molecular weight is 453 g/mol. The minimum Gasteiger partial charge on any atom is -0.493 e. The standard InChI is InChI=1S/C19H14F7NO4/c1-30-16-7-10(6-14(20)17(28)27-29)2-5-15(16)31-9-11-3-4-12(18(21,22)23)8-13(11)19(24,25)26/h2-8,29H,9H2,1H3,(H,27,28)/b14-6-. The van der Waals surface area contributed by atoms with Crippen molar-refractivity contribution in [1.82, 2.24) is 5.48 Å². The van der Waals surface area contributed by atoms with Gasteiger partial charge >= 0.3 is 18.3 Å². The van der Waals surface area contributed by atoms with E-state index in [2.05, 4.69) is 0 Å². The summed E-state index contributed by atoms with van der Waals surface area (Å²) in [4.78, 5) is 11.0. The zero-order valence-corrected chi connectivity index (χ0v) is 15.6. The molecule has 12 heteroatoms. The summed E-state index contributed by atoms with van der Waals surface area (Å²) in [6.45, 7) is -0.736. The first-order chi connectivity index (χ1) is 14.4. The van der Waals surface area contributed by atoms with Crippen LogP contribution < -0.4 is 15.0 Å². The Bertz CT molecular complexity index is 984. The highest BCUT2D eigenvalue weighted by Gasteiger charge is 2.38. The van der Waals surface area contributed by atoms with E-state index in [0.717, 1.165) is 11.6 Å². The van der Waals surface area contributed by atoms with E-state index in [9.17, 15) is 35.5 Å². The second-order valence-electron chi connectivity index (χ2n) is 6.00. The highest BCUT2D eigenvalue weighted by atomic mass is 19.4. The number of carbonyl (C=O) groups is 1. The molecule has 0 atom stereocenters. The molecule has 2 aromatic rings. The highest BCUT2D eigenvalue weighted by molar-refractivity contribution is 5.94. The number of alkyl halides is 6. The number of carbonyl (C=O) groups excluding carboxylic acids is 1. The normalized spacial score (nSPS) is 12.5. The Morgan fingerprint density at radius 3 is 2.26 bits per heavy atom. The lowest BCUT2D eigenvalue weighted by Gasteiger charge is -2.17. The molecule has 0 heterocycles. The smallest absolute Gasteiger partial charge is 0.416 e. The zero-order valence-electron chi connectivity index (χ0n) is 15.6. The fraction of sp³-hybridized carbons (Fsp3) is 0.211. The predicted octanol–water partition coefficient (Wildman–Crippen LogP) is 5.13. The van der Waals surface area contributed by atoms with Crippen LogP contribution in [0.5, 0.6) is 11.5 Å². The molecular formula is C19H14F7NO4. The Balaban J connectivity index is 2.31. The molecule has 168 valence electrons. The van der Waals surface area contributed by atoms with Gasteiger partial charge in [-0.15, -0.1) is 0 Å². The van der Waals surface area contributed by atoms with Crippen LogP contribution in [-0.2, 0) is 23.8 Å². The molecule has 0 saturated heterocycles. The van der Waals surface area contributed by atoms with Gasteiger partial charge < -0.3 is 9.47 Å². The van der Waals surface area contributed by atoms with Gasteiger partial charge in [-0.25, -0.2) is 9.87 Å². The molecule has 31 heavy (non-hydrogen) atoms. The molecule has 0 bridgehead atoms. The molecule has 0 saturated carbocycles. The quantitative estimate of drug-likeness (QED) is 0.276. The minimum atomic E-state index is -5.05. The molecule has 0 spiro atoms. The molecule has 2 N–H and O–H groups in total. The van der Waals surface area contributed by atoms with Crippen LogP contribution in [-0.4, -0.2) is 18.2 Å². The topological polar surface area (TPSA) is 67.8 Å².